The molecule has 0 aliphatic rings. The van der Waals surface area contributed by atoms with Gasteiger partial charge in [-0.25, -0.2) is 0 Å². The van der Waals surface area contributed by atoms with E-state index in [1.165, 1.54) is 11.1 Å². The van der Waals surface area contributed by atoms with E-state index in [2.05, 4.69) is 44.8 Å². The Morgan fingerprint density at radius 2 is 1.94 bits per heavy atom. The van der Waals surface area contributed by atoms with E-state index in [4.69, 9.17) is 5.26 Å². The summed E-state index contributed by atoms with van der Waals surface area (Å²) in [5, 5.41) is 10.2. The fraction of sp³-hybridized carbons (Fsp3) is 0.333. The van der Waals surface area contributed by atoms with E-state index >= 15 is 0 Å². The molecule has 0 spiro atoms. The summed E-state index contributed by atoms with van der Waals surface area (Å²) in [5.41, 5.74) is 3.97. The Bertz CT molecular complexity index is 613. The van der Waals surface area contributed by atoms with Crippen LogP contribution < -0.4 is 0 Å². The number of para-hydroxylation sites is 1. The third kappa shape index (κ3) is 1.89. The number of benzene rings is 1. The van der Waals surface area contributed by atoms with Crippen LogP contribution in [0.25, 0.3) is 10.9 Å². The first kappa shape index (κ1) is 11.6. The number of aromatic nitrogens is 1. The van der Waals surface area contributed by atoms with Crippen LogP contribution in [0.1, 0.15) is 37.5 Å². The minimum absolute atomic E-state index is 0.0549. The van der Waals surface area contributed by atoms with Crippen molar-refractivity contribution in [2.45, 2.75) is 33.1 Å². The second-order valence-electron chi connectivity index (χ2n) is 5.38. The Morgan fingerprint density at radius 3 is 2.53 bits per heavy atom. The number of nitrogens with zero attached hydrogens (tertiary/aromatic N) is 2. The van der Waals surface area contributed by atoms with E-state index in [0.717, 1.165) is 10.9 Å². The number of aryl methyl sites for hydroxylation is 1. The van der Waals surface area contributed by atoms with E-state index < -0.39 is 0 Å². The zero-order valence-corrected chi connectivity index (χ0v) is 10.7. The largest absolute Gasteiger partial charge is 0.255 e. The second-order valence-corrected chi connectivity index (χ2v) is 5.38. The lowest BCUT2D eigenvalue weighted by Gasteiger charge is -2.23. The molecule has 0 radical (unpaired) electrons. The van der Waals surface area contributed by atoms with Gasteiger partial charge in [-0.15, -0.1) is 0 Å². The van der Waals surface area contributed by atoms with Gasteiger partial charge in [0.15, 0.2) is 0 Å². The number of pyridine rings is 1. The zero-order valence-electron chi connectivity index (χ0n) is 10.7. The molecule has 2 aromatic rings. The molecule has 0 aliphatic heterocycles. The quantitative estimate of drug-likeness (QED) is 0.684. The highest BCUT2D eigenvalue weighted by Gasteiger charge is 2.20. The minimum Gasteiger partial charge on any atom is -0.255 e. The molecule has 0 atom stereocenters. The van der Waals surface area contributed by atoms with Crippen molar-refractivity contribution in [3.63, 3.8) is 0 Å². The maximum Gasteiger partial charge on any atom is 0.101 e. The lowest BCUT2D eigenvalue weighted by atomic mass is 9.82. The van der Waals surface area contributed by atoms with Crippen molar-refractivity contribution < 1.29 is 0 Å². The van der Waals surface area contributed by atoms with Gasteiger partial charge in [0.2, 0.25) is 0 Å². The predicted molar refractivity (Wildman–Crippen MR) is 69.9 cm³/mol. The van der Waals surface area contributed by atoms with E-state index in [-0.39, 0.29) is 5.41 Å². The third-order valence-electron chi connectivity index (χ3n) is 2.96. The highest BCUT2D eigenvalue weighted by atomic mass is 14.7. The molecule has 1 aromatic heterocycles. The van der Waals surface area contributed by atoms with Crippen molar-refractivity contribution >= 4 is 10.9 Å². The lowest BCUT2D eigenvalue weighted by molar-refractivity contribution is 0.591. The van der Waals surface area contributed by atoms with Crippen LogP contribution in [-0.2, 0) is 5.41 Å². The summed E-state index contributed by atoms with van der Waals surface area (Å²) in [6.07, 6.45) is 1.86. The van der Waals surface area contributed by atoms with Crippen molar-refractivity contribution in [3.8, 4) is 6.07 Å². The van der Waals surface area contributed by atoms with Gasteiger partial charge in [0.05, 0.1) is 11.1 Å². The summed E-state index contributed by atoms with van der Waals surface area (Å²) in [7, 11) is 0. The van der Waals surface area contributed by atoms with Crippen molar-refractivity contribution in [1.82, 2.24) is 4.98 Å². The molecule has 17 heavy (non-hydrogen) atoms. The molecule has 0 N–H and O–H groups in total. The molecule has 0 saturated heterocycles. The Morgan fingerprint density at radius 1 is 1.24 bits per heavy atom. The van der Waals surface area contributed by atoms with Crippen LogP contribution in [0.5, 0.6) is 0 Å². The van der Waals surface area contributed by atoms with Gasteiger partial charge in [0.25, 0.3) is 0 Å². The first-order chi connectivity index (χ1) is 7.95. The van der Waals surface area contributed by atoms with Gasteiger partial charge in [-0.1, -0.05) is 32.9 Å². The highest BCUT2D eigenvalue weighted by molar-refractivity contribution is 5.88. The Labute approximate surface area is 102 Å². The van der Waals surface area contributed by atoms with Crippen molar-refractivity contribution in [1.29, 1.82) is 5.26 Å². The molecular formula is C15H16N2. The summed E-state index contributed by atoms with van der Waals surface area (Å²) in [6.45, 7) is 8.64. The summed E-state index contributed by atoms with van der Waals surface area (Å²) in [5.74, 6) is 0. The van der Waals surface area contributed by atoms with E-state index in [9.17, 15) is 0 Å². The maximum atomic E-state index is 9.11. The van der Waals surface area contributed by atoms with E-state index in [1.54, 1.807) is 0 Å². The lowest BCUT2D eigenvalue weighted by Crippen LogP contribution is -2.14. The van der Waals surface area contributed by atoms with Gasteiger partial charge >= 0.3 is 0 Å². The SMILES string of the molecule is Cc1cnc2c(C#N)cccc2c1C(C)(C)C. The van der Waals surface area contributed by atoms with Crippen LogP contribution in [0, 0.1) is 18.3 Å². The zero-order chi connectivity index (χ0) is 12.6. The first-order valence-corrected chi connectivity index (χ1v) is 5.74. The number of nitriles is 1. The van der Waals surface area contributed by atoms with Crippen molar-refractivity contribution in [3.05, 3.63) is 41.1 Å². The van der Waals surface area contributed by atoms with Gasteiger partial charge in [-0.2, -0.15) is 5.26 Å². The summed E-state index contributed by atoms with van der Waals surface area (Å²) in [4.78, 5) is 4.40. The fourth-order valence-corrected chi connectivity index (χ4v) is 2.41. The fourth-order valence-electron chi connectivity index (χ4n) is 2.41. The summed E-state index contributed by atoms with van der Waals surface area (Å²) < 4.78 is 0. The van der Waals surface area contributed by atoms with Crippen molar-refractivity contribution in [2.24, 2.45) is 0 Å². The predicted octanol–water partition coefficient (Wildman–Crippen LogP) is 3.71. The average molecular weight is 224 g/mol. The molecule has 86 valence electrons. The summed E-state index contributed by atoms with van der Waals surface area (Å²) in [6, 6.07) is 8.00. The van der Waals surface area contributed by atoms with E-state index in [0.29, 0.717) is 5.56 Å². The van der Waals surface area contributed by atoms with Crippen LogP contribution in [-0.4, -0.2) is 4.98 Å². The molecule has 0 aliphatic carbocycles. The number of fused-ring (bicyclic) bond motifs is 1. The molecule has 0 fully saturated rings. The average Bonchev–Trinajstić information content (AvgIpc) is 2.25. The van der Waals surface area contributed by atoms with Gasteiger partial charge in [0.1, 0.15) is 6.07 Å². The molecule has 2 rings (SSSR count). The van der Waals surface area contributed by atoms with Crippen LogP contribution in [0.3, 0.4) is 0 Å². The third-order valence-corrected chi connectivity index (χ3v) is 2.96. The topological polar surface area (TPSA) is 36.7 Å². The Hall–Kier alpha value is -1.88. The molecule has 0 saturated carbocycles. The minimum atomic E-state index is 0.0549. The number of hydrogen-bond acceptors (Lipinski definition) is 2. The smallest absolute Gasteiger partial charge is 0.101 e. The molecule has 0 amide bonds. The normalized spacial score (nSPS) is 11.5. The molecule has 1 heterocycles. The molecule has 0 bridgehead atoms. The number of rotatable bonds is 0. The summed E-state index contributed by atoms with van der Waals surface area (Å²) >= 11 is 0. The van der Waals surface area contributed by atoms with Gasteiger partial charge in [-0.3, -0.25) is 4.98 Å². The standard InChI is InChI=1S/C15H16N2/c1-10-9-17-14-11(8-16)6-5-7-12(14)13(10)15(2,3)4/h5-7,9H,1-4H3. The van der Waals surface area contributed by atoms with Crippen LogP contribution in [0.15, 0.2) is 24.4 Å². The van der Waals surface area contributed by atoms with Gasteiger partial charge in [-0.05, 0) is 29.5 Å². The van der Waals surface area contributed by atoms with Crippen LogP contribution >= 0.6 is 0 Å². The Kier molecular flexibility index (Phi) is 2.63. The molecule has 1 aromatic carbocycles. The first-order valence-electron chi connectivity index (χ1n) is 5.74. The van der Waals surface area contributed by atoms with Crippen LogP contribution in [0.4, 0.5) is 0 Å². The van der Waals surface area contributed by atoms with Crippen LogP contribution in [0.2, 0.25) is 0 Å². The molecule has 0 unspecified atom stereocenters. The van der Waals surface area contributed by atoms with Gasteiger partial charge in [0, 0.05) is 11.6 Å². The highest BCUT2D eigenvalue weighted by Crippen LogP contribution is 2.32. The molecule has 2 heteroatoms. The van der Waals surface area contributed by atoms with Crippen molar-refractivity contribution in [2.75, 3.05) is 0 Å². The Balaban J connectivity index is 2.94. The molecule has 2 nitrogen and oxygen atoms in total. The maximum absolute atomic E-state index is 9.11. The van der Waals surface area contributed by atoms with Gasteiger partial charge < -0.3 is 0 Å². The second kappa shape index (κ2) is 3.85. The monoisotopic (exact) mass is 224 g/mol. The van der Waals surface area contributed by atoms with E-state index in [1.807, 2.05) is 18.3 Å². The molecular weight excluding hydrogens is 208 g/mol. The number of hydrogen-bond donors (Lipinski definition) is 0.